The van der Waals surface area contributed by atoms with E-state index < -0.39 is 28.5 Å². The number of carbonyl (C=O) groups excluding carboxylic acids is 2. The van der Waals surface area contributed by atoms with Crippen molar-refractivity contribution in [3.8, 4) is 0 Å². The predicted octanol–water partition coefficient (Wildman–Crippen LogP) is 6.40. The summed E-state index contributed by atoms with van der Waals surface area (Å²) in [5, 5.41) is 3.50. The SMILES string of the molecule is CC[C@H](C)NC(=O)[C@@H](Cc1ccccc1)N(Cc1ccccc1)C(=O)CN(c1ccc(Cl)cc1C)S(=O)(=O)c1ccccc1. The third kappa shape index (κ3) is 8.27. The van der Waals surface area contributed by atoms with Crippen molar-refractivity contribution >= 4 is 39.1 Å². The number of hydrogen-bond acceptors (Lipinski definition) is 4. The molecular weight excluding hydrogens is 594 g/mol. The second-order valence-corrected chi connectivity index (χ2v) is 13.1. The summed E-state index contributed by atoms with van der Waals surface area (Å²) < 4.78 is 29.3. The van der Waals surface area contributed by atoms with Crippen molar-refractivity contribution < 1.29 is 18.0 Å². The second-order valence-electron chi connectivity index (χ2n) is 10.8. The molecule has 0 saturated carbocycles. The van der Waals surface area contributed by atoms with Crippen LogP contribution in [-0.4, -0.2) is 43.8 Å². The minimum Gasteiger partial charge on any atom is -0.352 e. The number of aryl methyl sites for hydroxylation is 1. The first-order chi connectivity index (χ1) is 21.1. The highest BCUT2D eigenvalue weighted by molar-refractivity contribution is 7.92. The van der Waals surface area contributed by atoms with Gasteiger partial charge in [0.05, 0.1) is 10.6 Å². The lowest BCUT2D eigenvalue weighted by atomic mass is 10.0. The largest absolute Gasteiger partial charge is 0.352 e. The quantitative estimate of drug-likeness (QED) is 0.185. The van der Waals surface area contributed by atoms with Crippen LogP contribution in [0.2, 0.25) is 5.02 Å². The molecule has 0 aromatic heterocycles. The standard InChI is InChI=1S/C35H38ClN3O4S/c1-4-27(3)37-35(41)33(23-28-14-8-5-9-15-28)38(24-29-16-10-6-11-17-29)34(40)25-39(32-21-20-30(36)22-26(32)2)44(42,43)31-18-12-7-13-19-31/h5-22,27,33H,4,23-25H2,1-3H3,(H,37,41)/t27-,33+/m0/s1. The highest BCUT2D eigenvalue weighted by atomic mass is 35.5. The average Bonchev–Trinajstić information content (AvgIpc) is 3.03. The number of halogens is 1. The smallest absolute Gasteiger partial charge is 0.264 e. The van der Waals surface area contributed by atoms with Gasteiger partial charge in [-0.1, -0.05) is 97.4 Å². The van der Waals surface area contributed by atoms with E-state index in [1.807, 2.05) is 74.5 Å². The van der Waals surface area contributed by atoms with Crippen LogP contribution in [0.4, 0.5) is 5.69 Å². The summed E-state index contributed by atoms with van der Waals surface area (Å²) in [6.07, 6.45) is 0.975. The van der Waals surface area contributed by atoms with Gasteiger partial charge in [-0.05, 0) is 67.3 Å². The molecule has 9 heteroatoms. The van der Waals surface area contributed by atoms with Crippen LogP contribution in [0.25, 0.3) is 0 Å². The van der Waals surface area contributed by atoms with Crippen molar-refractivity contribution in [2.75, 3.05) is 10.8 Å². The molecular formula is C35H38ClN3O4S. The number of nitrogens with zero attached hydrogens (tertiary/aromatic N) is 2. The van der Waals surface area contributed by atoms with Crippen LogP contribution in [0.15, 0.2) is 114 Å². The molecule has 2 atom stereocenters. The maximum absolute atomic E-state index is 14.5. The summed E-state index contributed by atoms with van der Waals surface area (Å²) in [6.45, 7) is 5.24. The normalized spacial score (nSPS) is 12.6. The van der Waals surface area contributed by atoms with E-state index in [4.69, 9.17) is 11.6 Å². The molecule has 4 aromatic carbocycles. The van der Waals surface area contributed by atoms with Crippen molar-refractivity contribution in [3.05, 3.63) is 131 Å². The van der Waals surface area contributed by atoms with Gasteiger partial charge in [0, 0.05) is 24.0 Å². The van der Waals surface area contributed by atoms with Crippen molar-refractivity contribution in [2.45, 2.75) is 57.1 Å². The fourth-order valence-electron chi connectivity index (χ4n) is 4.91. The number of nitrogens with one attached hydrogen (secondary N) is 1. The molecule has 0 saturated heterocycles. The zero-order chi connectivity index (χ0) is 31.7. The van der Waals surface area contributed by atoms with Gasteiger partial charge in [-0.2, -0.15) is 0 Å². The molecule has 0 aliphatic carbocycles. The third-order valence-corrected chi connectivity index (χ3v) is 9.51. The summed E-state index contributed by atoms with van der Waals surface area (Å²) in [5.41, 5.74) is 2.62. The zero-order valence-corrected chi connectivity index (χ0v) is 26.8. The van der Waals surface area contributed by atoms with E-state index in [0.29, 0.717) is 16.3 Å². The molecule has 0 spiro atoms. The van der Waals surface area contributed by atoms with Gasteiger partial charge in [-0.3, -0.25) is 13.9 Å². The zero-order valence-electron chi connectivity index (χ0n) is 25.2. The number of benzene rings is 4. The number of rotatable bonds is 13. The summed E-state index contributed by atoms with van der Waals surface area (Å²) in [7, 11) is -4.18. The number of hydrogen-bond donors (Lipinski definition) is 1. The molecule has 1 N–H and O–H groups in total. The number of carbonyl (C=O) groups is 2. The van der Waals surface area contributed by atoms with Crippen LogP contribution in [0.3, 0.4) is 0 Å². The first kappa shape index (κ1) is 32.8. The lowest BCUT2D eigenvalue weighted by molar-refractivity contribution is -0.140. The Balaban J connectivity index is 1.81. The Labute approximate surface area is 265 Å². The van der Waals surface area contributed by atoms with Gasteiger partial charge >= 0.3 is 0 Å². The topological polar surface area (TPSA) is 86.8 Å². The molecule has 0 fully saturated rings. The van der Waals surface area contributed by atoms with Crippen molar-refractivity contribution in [1.82, 2.24) is 10.2 Å². The van der Waals surface area contributed by atoms with Gasteiger partial charge in [0.25, 0.3) is 10.0 Å². The van der Waals surface area contributed by atoms with E-state index in [9.17, 15) is 18.0 Å². The first-order valence-corrected chi connectivity index (χ1v) is 16.4. The minimum atomic E-state index is -4.18. The molecule has 4 aromatic rings. The number of amides is 2. The number of sulfonamides is 1. The van der Waals surface area contributed by atoms with Crippen LogP contribution in [0, 0.1) is 6.92 Å². The Morgan fingerprint density at radius 2 is 1.41 bits per heavy atom. The van der Waals surface area contributed by atoms with E-state index in [1.165, 1.54) is 17.0 Å². The maximum atomic E-state index is 14.5. The first-order valence-electron chi connectivity index (χ1n) is 14.6. The minimum absolute atomic E-state index is 0.0482. The molecule has 0 aliphatic heterocycles. The molecule has 2 amide bonds. The Morgan fingerprint density at radius 3 is 1.98 bits per heavy atom. The lowest BCUT2D eigenvalue weighted by Crippen LogP contribution is -2.54. The predicted molar refractivity (Wildman–Crippen MR) is 176 cm³/mol. The Bertz CT molecular complexity index is 1650. The van der Waals surface area contributed by atoms with Gasteiger partial charge in [0.1, 0.15) is 12.6 Å². The Hall–Kier alpha value is -4.14. The van der Waals surface area contributed by atoms with Crippen LogP contribution in [-0.2, 0) is 32.6 Å². The summed E-state index contributed by atoms with van der Waals surface area (Å²) in [5.74, 6) is -0.810. The molecule has 0 aliphatic rings. The number of anilines is 1. The van der Waals surface area contributed by atoms with Gasteiger partial charge < -0.3 is 10.2 Å². The Kier molecular flexibility index (Phi) is 11.2. The molecule has 4 rings (SSSR count). The summed E-state index contributed by atoms with van der Waals surface area (Å²) in [6, 6.07) is 30.7. The van der Waals surface area contributed by atoms with Crippen molar-refractivity contribution in [2.24, 2.45) is 0 Å². The second kappa shape index (κ2) is 15.0. The third-order valence-electron chi connectivity index (χ3n) is 7.51. The van der Waals surface area contributed by atoms with Gasteiger partial charge in [0.15, 0.2) is 0 Å². The summed E-state index contributed by atoms with van der Waals surface area (Å²) in [4.78, 5) is 29.9. The van der Waals surface area contributed by atoms with Gasteiger partial charge in [0.2, 0.25) is 11.8 Å². The Morgan fingerprint density at radius 1 is 0.841 bits per heavy atom. The van der Waals surface area contributed by atoms with E-state index in [0.717, 1.165) is 21.9 Å². The maximum Gasteiger partial charge on any atom is 0.264 e. The van der Waals surface area contributed by atoms with Crippen molar-refractivity contribution in [1.29, 1.82) is 0 Å². The van der Waals surface area contributed by atoms with E-state index in [1.54, 1.807) is 43.3 Å². The fourth-order valence-corrected chi connectivity index (χ4v) is 6.63. The van der Waals surface area contributed by atoms with E-state index in [2.05, 4.69) is 5.32 Å². The molecule has 44 heavy (non-hydrogen) atoms. The van der Waals surface area contributed by atoms with Gasteiger partial charge in [-0.15, -0.1) is 0 Å². The average molecular weight is 632 g/mol. The van der Waals surface area contributed by atoms with Crippen LogP contribution < -0.4 is 9.62 Å². The van der Waals surface area contributed by atoms with Crippen LogP contribution >= 0.6 is 11.6 Å². The molecule has 0 radical (unpaired) electrons. The van der Waals surface area contributed by atoms with E-state index >= 15 is 0 Å². The lowest BCUT2D eigenvalue weighted by Gasteiger charge is -2.34. The highest BCUT2D eigenvalue weighted by Gasteiger charge is 2.35. The van der Waals surface area contributed by atoms with E-state index in [-0.39, 0.29) is 29.8 Å². The highest BCUT2D eigenvalue weighted by Crippen LogP contribution is 2.29. The van der Waals surface area contributed by atoms with Crippen LogP contribution in [0.5, 0.6) is 0 Å². The fraction of sp³-hybridized carbons (Fsp3) is 0.257. The molecule has 7 nitrogen and oxygen atoms in total. The van der Waals surface area contributed by atoms with Crippen molar-refractivity contribution in [3.63, 3.8) is 0 Å². The molecule has 0 unspecified atom stereocenters. The summed E-state index contributed by atoms with van der Waals surface area (Å²) >= 11 is 6.22. The molecule has 0 heterocycles. The molecule has 230 valence electrons. The monoisotopic (exact) mass is 631 g/mol. The molecule has 0 bridgehead atoms. The van der Waals surface area contributed by atoms with Gasteiger partial charge in [-0.25, -0.2) is 8.42 Å². The van der Waals surface area contributed by atoms with Crippen LogP contribution in [0.1, 0.15) is 37.0 Å².